The number of ether oxygens (including phenoxy) is 1. The average Bonchev–Trinajstić information content (AvgIpc) is 2.90. The van der Waals surface area contributed by atoms with Crippen LogP contribution in [-0.2, 0) is 23.6 Å². The number of piperidine rings is 1. The number of hydrogen-bond donors (Lipinski definition) is 0. The van der Waals surface area contributed by atoms with Gasteiger partial charge in [-0.2, -0.15) is 5.10 Å². The van der Waals surface area contributed by atoms with Gasteiger partial charge in [0.25, 0.3) is 0 Å². The molecular weight excluding hydrogens is 356 g/mol. The minimum absolute atomic E-state index is 0.0808. The van der Waals surface area contributed by atoms with Gasteiger partial charge in [-0.25, -0.2) is 22.2 Å². The standard InChI is InChI=1S/C17H24N4O4S/c1-19-16(14-7-9-20(10-8-14)26(3,23)24)18-21(17(19)22)12-13-5-4-6-15(11-13)25-2/h4-6,11,14H,7-10,12H2,1-3H3. The van der Waals surface area contributed by atoms with Crippen LogP contribution in [0, 0.1) is 0 Å². The lowest BCUT2D eigenvalue weighted by Crippen LogP contribution is -2.37. The van der Waals surface area contributed by atoms with E-state index in [4.69, 9.17) is 4.74 Å². The van der Waals surface area contributed by atoms with Gasteiger partial charge in [0.15, 0.2) is 0 Å². The van der Waals surface area contributed by atoms with E-state index in [2.05, 4.69) is 5.10 Å². The third-order valence-corrected chi connectivity index (χ3v) is 6.13. The number of rotatable bonds is 5. The molecule has 3 rings (SSSR count). The van der Waals surface area contributed by atoms with Crippen molar-refractivity contribution in [1.82, 2.24) is 18.7 Å². The molecule has 1 saturated heterocycles. The third-order valence-electron chi connectivity index (χ3n) is 4.83. The van der Waals surface area contributed by atoms with Gasteiger partial charge in [-0.15, -0.1) is 0 Å². The van der Waals surface area contributed by atoms with Crippen molar-refractivity contribution in [3.8, 4) is 5.75 Å². The maximum atomic E-state index is 12.5. The predicted octanol–water partition coefficient (Wildman–Crippen LogP) is 0.778. The van der Waals surface area contributed by atoms with Gasteiger partial charge in [0.05, 0.1) is 19.9 Å². The summed E-state index contributed by atoms with van der Waals surface area (Å²) in [7, 11) is 0.158. The van der Waals surface area contributed by atoms with Gasteiger partial charge >= 0.3 is 5.69 Å². The molecule has 0 N–H and O–H groups in total. The summed E-state index contributed by atoms with van der Waals surface area (Å²) in [6.45, 7) is 1.28. The van der Waals surface area contributed by atoms with E-state index < -0.39 is 10.0 Å². The zero-order valence-electron chi connectivity index (χ0n) is 15.3. The van der Waals surface area contributed by atoms with Gasteiger partial charge in [-0.05, 0) is 30.5 Å². The molecule has 0 aliphatic carbocycles. The summed E-state index contributed by atoms with van der Waals surface area (Å²) in [5.41, 5.74) is 0.761. The van der Waals surface area contributed by atoms with E-state index in [1.807, 2.05) is 24.3 Å². The van der Waals surface area contributed by atoms with E-state index >= 15 is 0 Å². The molecule has 0 spiro atoms. The molecule has 1 aliphatic heterocycles. The van der Waals surface area contributed by atoms with E-state index in [1.54, 1.807) is 18.7 Å². The van der Waals surface area contributed by atoms with Crippen molar-refractivity contribution in [1.29, 1.82) is 0 Å². The molecule has 1 fully saturated rings. The lowest BCUT2D eigenvalue weighted by atomic mass is 9.97. The molecule has 2 heterocycles. The minimum atomic E-state index is -3.16. The summed E-state index contributed by atoms with van der Waals surface area (Å²) >= 11 is 0. The molecule has 0 amide bonds. The van der Waals surface area contributed by atoms with E-state index in [0.29, 0.717) is 38.3 Å². The largest absolute Gasteiger partial charge is 0.497 e. The summed E-state index contributed by atoms with van der Waals surface area (Å²) in [6, 6.07) is 7.54. The number of aromatic nitrogens is 3. The lowest BCUT2D eigenvalue weighted by Gasteiger charge is -2.29. The molecule has 142 valence electrons. The first-order chi connectivity index (χ1) is 12.3. The van der Waals surface area contributed by atoms with Crippen LogP contribution in [0.3, 0.4) is 0 Å². The lowest BCUT2D eigenvalue weighted by molar-refractivity contribution is 0.311. The average molecular weight is 380 g/mol. The van der Waals surface area contributed by atoms with Gasteiger partial charge in [-0.1, -0.05) is 12.1 Å². The monoisotopic (exact) mass is 380 g/mol. The number of hydrogen-bond acceptors (Lipinski definition) is 5. The van der Waals surface area contributed by atoms with Gasteiger partial charge in [0.2, 0.25) is 10.0 Å². The van der Waals surface area contributed by atoms with Crippen LogP contribution in [-0.4, -0.2) is 53.5 Å². The van der Waals surface area contributed by atoms with Gasteiger partial charge in [0, 0.05) is 26.1 Å². The first-order valence-corrected chi connectivity index (χ1v) is 10.4. The Bertz CT molecular complexity index is 940. The molecular formula is C17H24N4O4S. The van der Waals surface area contributed by atoms with Crippen molar-refractivity contribution in [2.24, 2.45) is 7.05 Å². The molecule has 0 unspecified atom stereocenters. The first kappa shape index (κ1) is 18.7. The number of sulfonamides is 1. The van der Waals surface area contributed by atoms with Gasteiger partial charge < -0.3 is 4.74 Å². The van der Waals surface area contributed by atoms with Crippen molar-refractivity contribution in [2.75, 3.05) is 26.5 Å². The van der Waals surface area contributed by atoms with Crippen molar-refractivity contribution in [2.45, 2.75) is 25.3 Å². The van der Waals surface area contributed by atoms with Crippen molar-refractivity contribution < 1.29 is 13.2 Å². The highest BCUT2D eigenvalue weighted by atomic mass is 32.2. The second-order valence-electron chi connectivity index (χ2n) is 6.65. The highest BCUT2D eigenvalue weighted by molar-refractivity contribution is 7.88. The Kier molecular flexibility index (Phi) is 5.19. The Balaban J connectivity index is 1.79. The Hall–Kier alpha value is -2.13. The Morgan fingerprint density at radius 3 is 2.58 bits per heavy atom. The Morgan fingerprint density at radius 2 is 1.96 bits per heavy atom. The van der Waals surface area contributed by atoms with Crippen molar-refractivity contribution in [3.05, 3.63) is 46.1 Å². The number of benzene rings is 1. The normalized spacial score (nSPS) is 16.7. The second-order valence-corrected chi connectivity index (χ2v) is 8.63. The maximum Gasteiger partial charge on any atom is 0.345 e. The quantitative estimate of drug-likeness (QED) is 0.765. The Morgan fingerprint density at radius 1 is 1.27 bits per heavy atom. The SMILES string of the molecule is COc1cccc(Cn2nc(C3CCN(S(C)(=O)=O)CC3)n(C)c2=O)c1. The van der Waals surface area contributed by atoms with Crippen LogP contribution in [0.25, 0.3) is 0 Å². The van der Waals surface area contributed by atoms with Gasteiger partial charge in [-0.3, -0.25) is 4.57 Å². The van der Waals surface area contributed by atoms with Crippen LogP contribution in [0.2, 0.25) is 0 Å². The maximum absolute atomic E-state index is 12.5. The summed E-state index contributed by atoms with van der Waals surface area (Å²) in [4.78, 5) is 12.5. The summed E-state index contributed by atoms with van der Waals surface area (Å²) in [5, 5.41) is 4.53. The second kappa shape index (κ2) is 7.24. The molecule has 8 nitrogen and oxygen atoms in total. The fraction of sp³-hybridized carbons (Fsp3) is 0.529. The molecule has 0 radical (unpaired) electrons. The number of nitrogens with zero attached hydrogens (tertiary/aromatic N) is 4. The molecule has 1 aromatic heterocycles. The molecule has 1 aliphatic rings. The van der Waals surface area contributed by atoms with Crippen LogP contribution in [0.15, 0.2) is 29.1 Å². The third kappa shape index (κ3) is 3.83. The zero-order valence-corrected chi connectivity index (χ0v) is 16.1. The van der Waals surface area contributed by atoms with E-state index in [9.17, 15) is 13.2 Å². The molecule has 9 heteroatoms. The van der Waals surface area contributed by atoms with Crippen LogP contribution in [0.4, 0.5) is 0 Å². The highest BCUT2D eigenvalue weighted by Crippen LogP contribution is 2.27. The fourth-order valence-electron chi connectivity index (χ4n) is 3.35. The van der Waals surface area contributed by atoms with Crippen LogP contribution in [0.1, 0.15) is 30.1 Å². The molecule has 0 atom stereocenters. The molecule has 0 saturated carbocycles. The first-order valence-electron chi connectivity index (χ1n) is 8.51. The topological polar surface area (TPSA) is 86.4 Å². The minimum Gasteiger partial charge on any atom is -0.497 e. The summed E-state index contributed by atoms with van der Waals surface area (Å²) in [6.07, 6.45) is 2.55. The molecule has 0 bridgehead atoms. The molecule has 2 aromatic rings. The van der Waals surface area contributed by atoms with Crippen LogP contribution >= 0.6 is 0 Å². The van der Waals surface area contributed by atoms with Crippen LogP contribution in [0.5, 0.6) is 5.75 Å². The summed E-state index contributed by atoms with van der Waals surface area (Å²) < 4.78 is 33.0. The van der Waals surface area contributed by atoms with Crippen LogP contribution < -0.4 is 10.4 Å². The fourth-order valence-corrected chi connectivity index (χ4v) is 4.23. The van der Waals surface area contributed by atoms with E-state index in [-0.39, 0.29) is 11.6 Å². The van der Waals surface area contributed by atoms with Crippen molar-refractivity contribution in [3.63, 3.8) is 0 Å². The molecule has 26 heavy (non-hydrogen) atoms. The Labute approximate surface area is 153 Å². The van der Waals surface area contributed by atoms with Gasteiger partial charge in [0.1, 0.15) is 11.6 Å². The summed E-state index contributed by atoms with van der Waals surface area (Å²) in [5.74, 6) is 1.53. The predicted molar refractivity (Wildman–Crippen MR) is 98.0 cm³/mol. The number of methoxy groups -OCH3 is 1. The molecule has 1 aromatic carbocycles. The van der Waals surface area contributed by atoms with E-state index in [1.165, 1.54) is 15.2 Å². The zero-order chi connectivity index (χ0) is 18.9. The smallest absolute Gasteiger partial charge is 0.345 e. The highest BCUT2D eigenvalue weighted by Gasteiger charge is 2.29. The van der Waals surface area contributed by atoms with Crippen molar-refractivity contribution >= 4 is 10.0 Å². The van der Waals surface area contributed by atoms with E-state index in [0.717, 1.165) is 11.3 Å².